The van der Waals surface area contributed by atoms with Gasteiger partial charge >= 0.3 is 7.12 Å². The first-order valence-electron chi connectivity index (χ1n) is 6.40. The standard InChI is InChI=1S/C15H16BNO3/c1-11(12-5-3-2-4-6-12)17-15(18)13-7-9-14(10-8-13)16(19)20/h2-11,19-20H,1H3,(H,17,18)/t11-/m1/s1. The first-order valence-corrected chi connectivity index (χ1v) is 6.40. The van der Waals surface area contributed by atoms with Crippen molar-refractivity contribution in [2.45, 2.75) is 13.0 Å². The fraction of sp³-hybridized carbons (Fsp3) is 0.133. The minimum absolute atomic E-state index is 0.0909. The van der Waals surface area contributed by atoms with Gasteiger partial charge in [0.25, 0.3) is 5.91 Å². The molecule has 0 radical (unpaired) electrons. The lowest BCUT2D eigenvalue weighted by Gasteiger charge is -2.14. The molecule has 0 fully saturated rings. The molecule has 2 rings (SSSR count). The van der Waals surface area contributed by atoms with Crippen molar-refractivity contribution in [1.29, 1.82) is 0 Å². The first kappa shape index (κ1) is 14.3. The second-order valence-electron chi connectivity index (χ2n) is 4.60. The normalized spacial score (nSPS) is 11.8. The number of carbonyl (C=O) groups is 1. The highest BCUT2D eigenvalue weighted by molar-refractivity contribution is 6.58. The number of amides is 1. The Morgan fingerprint density at radius 1 is 1.05 bits per heavy atom. The van der Waals surface area contributed by atoms with E-state index >= 15 is 0 Å². The smallest absolute Gasteiger partial charge is 0.423 e. The lowest BCUT2D eigenvalue weighted by Crippen LogP contribution is -2.31. The van der Waals surface area contributed by atoms with Crippen LogP contribution >= 0.6 is 0 Å². The van der Waals surface area contributed by atoms with Gasteiger partial charge in [-0.05, 0) is 30.1 Å². The van der Waals surface area contributed by atoms with E-state index in [4.69, 9.17) is 10.0 Å². The van der Waals surface area contributed by atoms with Crippen molar-refractivity contribution in [1.82, 2.24) is 5.32 Å². The van der Waals surface area contributed by atoms with E-state index < -0.39 is 7.12 Å². The molecule has 0 aliphatic carbocycles. The predicted octanol–water partition coefficient (Wildman–Crippen LogP) is 0.857. The van der Waals surface area contributed by atoms with E-state index in [1.807, 2.05) is 37.3 Å². The van der Waals surface area contributed by atoms with Crippen molar-refractivity contribution < 1.29 is 14.8 Å². The molecule has 0 aliphatic heterocycles. The summed E-state index contributed by atoms with van der Waals surface area (Å²) < 4.78 is 0. The van der Waals surface area contributed by atoms with Crippen molar-refractivity contribution in [2.75, 3.05) is 0 Å². The molecular weight excluding hydrogens is 253 g/mol. The van der Waals surface area contributed by atoms with Gasteiger partial charge < -0.3 is 15.4 Å². The SMILES string of the molecule is C[C@@H](NC(=O)c1ccc(B(O)O)cc1)c1ccccc1. The number of benzene rings is 2. The fourth-order valence-corrected chi connectivity index (χ4v) is 1.91. The summed E-state index contributed by atoms with van der Waals surface area (Å²) in [5.41, 5.74) is 1.87. The quantitative estimate of drug-likeness (QED) is 0.721. The zero-order valence-corrected chi connectivity index (χ0v) is 11.2. The zero-order chi connectivity index (χ0) is 14.5. The van der Waals surface area contributed by atoms with Crippen molar-refractivity contribution in [3.63, 3.8) is 0 Å². The van der Waals surface area contributed by atoms with Crippen LogP contribution in [0.2, 0.25) is 0 Å². The summed E-state index contributed by atoms with van der Waals surface area (Å²) >= 11 is 0. The Kier molecular flexibility index (Phi) is 4.55. The highest BCUT2D eigenvalue weighted by Gasteiger charge is 2.14. The number of nitrogens with one attached hydrogen (secondary N) is 1. The number of rotatable bonds is 4. The second-order valence-corrected chi connectivity index (χ2v) is 4.60. The molecule has 0 bridgehead atoms. The largest absolute Gasteiger partial charge is 0.488 e. The van der Waals surface area contributed by atoms with Crippen LogP contribution in [0.1, 0.15) is 28.9 Å². The molecule has 0 saturated carbocycles. The van der Waals surface area contributed by atoms with Gasteiger partial charge in [-0.3, -0.25) is 4.79 Å². The molecule has 0 aromatic heterocycles. The molecule has 0 saturated heterocycles. The third-order valence-corrected chi connectivity index (χ3v) is 3.12. The first-order chi connectivity index (χ1) is 9.58. The van der Waals surface area contributed by atoms with Crippen LogP contribution < -0.4 is 10.8 Å². The van der Waals surface area contributed by atoms with Gasteiger partial charge in [0, 0.05) is 5.56 Å². The van der Waals surface area contributed by atoms with E-state index in [2.05, 4.69) is 5.32 Å². The van der Waals surface area contributed by atoms with Gasteiger partial charge in [0.05, 0.1) is 6.04 Å². The Balaban J connectivity index is 2.05. The van der Waals surface area contributed by atoms with Crippen molar-refractivity contribution in [3.8, 4) is 0 Å². The van der Waals surface area contributed by atoms with Crippen molar-refractivity contribution in [3.05, 3.63) is 65.7 Å². The summed E-state index contributed by atoms with van der Waals surface area (Å²) in [5.74, 6) is -0.194. The Labute approximate surface area is 118 Å². The zero-order valence-electron chi connectivity index (χ0n) is 11.2. The fourth-order valence-electron chi connectivity index (χ4n) is 1.91. The molecule has 4 nitrogen and oxygen atoms in total. The van der Waals surface area contributed by atoms with E-state index in [1.165, 1.54) is 12.1 Å². The van der Waals surface area contributed by atoms with Crippen LogP contribution in [0.4, 0.5) is 0 Å². The minimum Gasteiger partial charge on any atom is -0.423 e. The van der Waals surface area contributed by atoms with Crippen LogP contribution in [0.15, 0.2) is 54.6 Å². The summed E-state index contributed by atoms with van der Waals surface area (Å²) in [4.78, 5) is 12.1. The molecular formula is C15H16BNO3. The molecule has 1 atom stereocenters. The lowest BCUT2D eigenvalue weighted by atomic mass is 9.80. The van der Waals surface area contributed by atoms with Gasteiger partial charge in [-0.25, -0.2) is 0 Å². The average molecular weight is 269 g/mol. The summed E-state index contributed by atoms with van der Waals surface area (Å²) in [5, 5.41) is 20.9. The van der Waals surface area contributed by atoms with E-state index in [1.54, 1.807) is 12.1 Å². The van der Waals surface area contributed by atoms with Crippen LogP contribution in [0.25, 0.3) is 0 Å². The molecule has 0 heterocycles. The highest BCUT2D eigenvalue weighted by atomic mass is 16.4. The van der Waals surface area contributed by atoms with Gasteiger partial charge in [-0.1, -0.05) is 42.5 Å². The molecule has 0 spiro atoms. The van der Waals surface area contributed by atoms with Crippen LogP contribution in [0, 0.1) is 0 Å². The Morgan fingerprint density at radius 3 is 2.20 bits per heavy atom. The Bertz CT molecular complexity index is 569. The molecule has 20 heavy (non-hydrogen) atoms. The molecule has 2 aromatic carbocycles. The number of carbonyl (C=O) groups excluding carboxylic acids is 1. The minimum atomic E-state index is -1.52. The molecule has 1 amide bonds. The molecule has 0 aliphatic rings. The molecule has 5 heteroatoms. The van der Waals surface area contributed by atoms with E-state index in [9.17, 15) is 4.79 Å². The maximum Gasteiger partial charge on any atom is 0.488 e. The maximum absolute atomic E-state index is 12.1. The van der Waals surface area contributed by atoms with E-state index in [0.29, 0.717) is 11.0 Å². The van der Waals surface area contributed by atoms with E-state index in [-0.39, 0.29) is 11.9 Å². The average Bonchev–Trinajstić information content (AvgIpc) is 2.48. The summed E-state index contributed by atoms with van der Waals surface area (Å²) in [7, 11) is -1.52. The molecule has 3 N–H and O–H groups in total. The second kappa shape index (κ2) is 6.37. The molecule has 102 valence electrons. The van der Waals surface area contributed by atoms with E-state index in [0.717, 1.165) is 5.56 Å². The van der Waals surface area contributed by atoms with Crippen molar-refractivity contribution in [2.24, 2.45) is 0 Å². The van der Waals surface area contributed by atoms with Crippen molar-refractivity contribution >= 4 is 18.5 Å². The Morgan fingerprint density at radius 2 is 1.65 bits per heavy atom. The summed E-state index contributed by atoms with van der Waals surface area (Å²) in [6.45, 7) is 1.92. The van der Waals surface area contributed by atoms with Gasteiger partial charge in [0.1, 0.15) is 0 Å². The monoisotopic (exact) mass is 269 g/mol. The summed E-state index contributed by atoms with van der Waals surface area (Å²) in [6, 6.07) is 15.8. The lowest BCUT2D eigenvalue weighted by molar-refractivity contribution is 0.0940. The topological polar surface area (TPSA) is 69.6 Å². The molecule has 2 aromatic rings. The molecule has 0 unspecified atom stereocenters. The Hall–Kier alpha value is -2.11. The number of hydrogen-bond acceptors (Lipinski definition) is 3. The maximum atomic E-state index is 12.1. The van der Waals surface area contributed by atoms with Crippen LogP contribution in [0.5, 0.6) is 0 Å². The number of hydrogen-bond donors (Lipinski definition) is 3. The third kappa shape index (κ3) is 3.47. The van der Waals surface area contributed by atoms with Gasteiger partial charge in [0.2, 0.25) is 0 Å². The highest BCUT2D eigenvalue weighted by Crippen LogP contribution is 2.12. The van der Waals surface area contributed by atoms with Gasteiger partial charge in [-0.2, -0.15) is 0 Å². The van der Waals surface area contributed by atoms with Crippen LogP contribution in [-0.4, -0.2) is 23.1 Å². The van der Waals surface area contributed by atoms with Gasteiger partial charge in [-0.15, -0.1) is 0 Å². The summed E-state index contributed by atoms with van der Waals surface area (Å²) in [6.07, 6.45) is 0. The predicted molar refractivity (Wildman–Crippen MR) is 78.6 cm³/mol. The third-order valence-electron chi connectivity index (χ3n) is 3.12. The van der Waals surface area contributed by atoms with Gasteiger partial charge in [0.15, 0.2) is 0 Å². The van der Waals surface area contributed by atoms with Crippen LogP contribution in [0.3, 0.4) is 0 Å². The van der Waals surface area contributed by atoms with Crippen LogP contribution in [-0.2, 0) is 0 Å².